The van der Waals surface area contributed by atoms with Gasteiger partial charge in [-0.3, -0.25) is 14.3 Å². The van der Waals surface area contributed by atoms with E-state index in [0.717, 1.165) is 12.2 Å². The number of nitrogens with one attached hydrogen (secondary N) is 1. The molecule has 20 heavy (non-hydrogen) atoms. The largest absolute Gasteiger partial charge is 0.353 e. The van der Waals surface area contributed by atoms with Crippen molar-refractivity contribution in [3.05, 3.63) is 32.6 Å². The lowest BCUT2D eigenvalue weighted by atomic mass is 10.2. The molecule has 0 spiro atoms. The number of rotatable bonds is 1. The molecule has 0 aromatic carbocycles. The van der Waals surface area contributed by atoms with Crippen LogP contribution in [0.25, 0.3) is 0 Å². The Kier molecular flexibility index (Phi) is 3.54. The van der Waals surface area contributed by atoms with Crippen LogP contribution in [0, 0.1) is 6.92 Å². The second-order valence-corrected chi connectivity index (χ2v) is 9.47. The summed E-state index contributed by atoms with van der Waals surface area (Å²) in [6, 6.07) is 0. The zero-order chi connectivity index (χ0) is 14.5. The molecule has 110 valence electrons. The molecule has 2 saturated heterocycles. The molecule has 0 saturated carbocycles. The van der Waals surface area contributed by atoms with Gasteiger partial charge in [0.2, 0.25) is 0 Å². The summed E-state index contributed by atoms with van der Waals surface area (Å²) >= 11 is 3.82. The lowest BCUT2D eigenvalue weighted by molar-refractivity contribution is 0.0102. The molecule has 0 radical (unpaired) electrons. The van der Waals surface area contributed by atoms with Crippen LogP contribution in [0.15, 0.2) is 15.8 Å². The molecule has 0 unspecified atom stereocenters. The molecule has 2 aliphatic heterocycles. The maximum absolute atomic E-state index is 11.9. The van der Waals surface area contributed by atoms with Crippen LogP contribution in [-0.2, 0) is 4.74 Å². The first-order valence-electron chi connectivity index (χ1n) is 6.65. The summed E-state index contributed by atoms with van der Waals surface area (Å²) in [4.78, 5) is 25.7. The van der Waals surface area contributed by atoms with Crippen LogP contribution < -0.4 is 11.2 Å². The van der Waals surface area contributed by atoms with Crippen molar-refractivity contribution < 1.29 is 4.74 Å². The fourth-order valence-electron chi connectivity index (χ4n) is 2.63. The minimum absolute atomic E-state index is 0.183. The monoisotopic (exact) mass is 314 g/mol. The van der Waals surface area contributed by atoms with Crippen LogP contribution >= 0.6 is 23.5 Å². The molecule has 1 aromatic heterocycles. The average Bonchev–Trinajstić information content (AvgIpc) is 2.74. The summed E-state index contributed by atoms with van der Waals surface area (Å²) in [7, 11) is 0. The van der Waals surface area contributed by atoms with Gasteiger partial charge in [0.1, 0.15) is 6.23 Å². The van der Waals surface area contributed by atoms with E-state index in [0.29, 0.717) is 10.8 Å². The molecule has 3 atom stereocenters. The normalized spacial score (nSPS) is 32.0. The van der Waals surface area contributed by atoms with Gasteiger partial charge in [0.25, 0.3) is 5.56 Å². The minimum Gasteiger partial charge on any atom is -0.353 e. The number of hydrogen-bond acceptors (Lipinski definition) is 5. The standard InChI is InChI=1S/C13H18N2O3S2/c1-7-5-15(12(17)14-11(7)16)10-4-9-8(18-10)6-19-13(2,3)20-9/h5,8-10H,4,6H2,1-3H3,(H,14,16,17)/t8-,9-,10-/m1/s1. The van der Waals surface area contributed by atoms with Crippen molar-refractivity contribution >= 4 is 23.5 Å². The van der Waals surface area contributed by atoms with Gasteiger partial charge in [-0.05, 0) is 20.8 Å². The van der Waals surface area contributed by atoms with Crippen molar-refractivity contribution in [3.63, 3.8) is 0 Å². The third-order valence-corrected chi connectivity index (χ3v) is 6.87. The molecule has 0 amide bonds. The Morgan fingerprint density at radius 1 is 1.45 bits per heavy atom. The van der Waals surface area contributed by atoms with E-state index in [1.807, 2.05) is 23.5 Å². The first kappa shape index (κ1) is 14.3. The molecule has 0 aliphatic carbocycles. The van der Waals surface area contributed by atoms with Gasteiger partial charge >= 0.3 is 5.69 Å². The number of thioether (sulfide) groups is 2. The smallest absolute Gasteiger partial charge is 0.330 e. The van der Waals surface area contributed by atoms with Gasteiger partial charge in [-0.1, -0.05) is 0 Å². The van der Waals surface area contributed by atoms with Crippen molar-refractivity contribution in [3.8, 4) is 0 Å². The molecule has 3 rings (SSSR count). The van der Waals surface area contributed by atoms with E-state index < -0.39 is 0 Å². The van der Waals surface area contributed by atoms with E-state index in [1.165, 1.54) is 4.57 Å². The summed E-state index contributed by atoms with van der Waals surface area (Å²) in [6.07, 6.45) is 2.33. The number of ether oxygens (including phenoxy) is 1. The molecular weight excluding hydrogens is 296 g/mol. The molecule has 3 heterocycles. The minimum atomic E-state index is -0.388. The van der Waals surface area contributed by atoms with Crippen LogP contribution in [0.4, 0.5) is 0 Å². The van der Waals surface area contributed by atoms with Crippen LogP contribution in [0.1, 0.15) is 32.1 Å². The fraction of sp³-hybridized carbons (Fsp3) is 0.692. The van der Waals surface area contributed by atoms with Gasteiger partial charge in [0, 0.05) is 29.2 Å². The summed E-state index contributed by atoms with van der Waals surface area (Å²) in [5.74, 6) is 0.957. The number of nitrogens with zero attached hydrogens (tertiary/aromatic N) is 1. The number of aryl methyl sites for hydroxylation is 1. The number of hydrogen-bond donors (Lipinski definition) is 1. The second kappa shape index (κ2) is 4.96. The van der Waals surface area contributed by atoms with Crippen molar-refractivity contribution in [1.82, 2.24) is 9.55 Å². The highest BCUT2D eigenvalue weighted by molar-refractivity contribution is 8.19. The number of aromatic nitrogens is 2. The highest BCUT2D eigenvalue weighted by Crippen LogP contribution is 2.51. The lowest BCUT2D eigenvalue weighted by Crippen LogP contribution is -2.33. The Labute approximate surface area is 125 Å². The SMILES string of the molecule is Cc1cn([C@H]2C[C@H]3SC(C)(C)SC[C@H]3O2)c(=O)[nH]c1=O. The lowest BCUT2D eigenvalue weighted by Gasteiger charge is -2.35. The Hall–Kier alpha value is -0.660. The van der Waals surface area contributed by atoms with Crippen LogP contribution in [0.2, 0.25) is 0 Å². The molecule has 5 nitrogen and oxygen atoms in total. The Balaban J connectivity index is 1.86. The van der Waals surface area contributed by atoms with E-state index in [-0.39, 0.29) is 27.7 Å². The zero-order valence-electron chi connectivity index (χ0n) is 11.7. The molecular formula is C13H18N2O3S2. The van der Waals surface area contributed by atoms with E-state index >= 15 is 0 Å². The molecule has 2 fully saturated rings. The van der Waals surface area contributed by atoms with Crippen LogP contribution in [0.3, 0.4) is 0 Å². The number of H-pyrrole nitrogens is 1. The Morgan fingerprint density at radius 3 is 2.95 bits per heavy atom. The second-order valence-electron chi connectivity index (χ2n) is 5.71. The maximum atomic E-state index is 11.9. The predicted octanol–water partition coefficient (Wildman–Crippen LogP) is 1.72. The van der Waals surface area contributed by atoms with Crippen molar-refractivity contribution in [1.29, 1.82) is 0 Å². The first-order valence-corrected chi connectivity index (χ1v) is 8.51. The third-order valence-electron chi connectivity index (χ3n) is 3.67. The van der Waals surface area contributed by atoms with Crippen LogP contribution in [-0.4, -0.2) is 30.7 Å². The maximum Gasteiger partial charge on any atom is 0.330 e. The molecule has 0 bridgehead atoms. The highest BCUT2D eigenvalue weighted by Gasteiger charge is 2.44. The number of aromatic amines is 1. The van der Waals surface area contributed by atoms with E-state index in [4.69, 9.17) is 4.74 Å². The van der Waals surface area contributed by atoms with Gasteiger partial charge in [-0.15, -0.1) is 23.5 Å². The molecule has 7 heteroatoms. The molecule has 1 N–H and O–H groups in total. The average molecular weight is 314 g/mol. The zero-order valence-corrected chi connectivity index (χ0v) is 13.3. The highest BCUT2D eigenvalue weighted by atomic mass is 32.2. The summed E-state index contributed by atoms with van der Waals surface area (Å²) in [6.45, 7) is 6.15. The van der Waals surface area contributed by atoms with E-state index in [2.05, 4.69) is 18.8 Å². The van der Waals surface area contributed by atoms with Crippen molar-refractivity contribution in [2.75, 3.05) is 5.75 Å². The summed E-state index contributed by atoms with van der Waals surface area (Å²) in [5, 5.41) is 0.412. The van der Waals surface area contributed by atoms with Crippen LogP contribution in [0.5, 0.6) is 0 Å². The Bertz CT molecular complexity index is 637. The van der Waals surface area contributed by atoms with Gasteiger partial charge in [0.05, 0.1) is 10.2 Å². The predicted molar refractivity (Wildman–Crippen MR) is 82.5 cm³/mol. The van der Waals surface area contributed by atoms with Gasteiger partial charge in [-0.25, -0.2) is 4.79 Å². The van der Waals surface area contributed by atoms with Gasteiger partial charge < -0.3 is 4.74 Å². The topological polar surface area (TPSA) is 64.1 Å². The van der Waals surface area contributed by atoms with Crippen molar-refractivity contribution in [2.24, 2.45) is 0 Å². The number of fused-ring (bicyclic) bond motifs is 1. The Morgan fingerprint density at radius 2 is 2.20 bits per heavy atom. The quantitative estimate of drug-likeness (QED) is 0.855. The third kappa shape index (κ3) is 2.58. The summed E-state index contributed by atoms with van der Waals surface area (Å²) < 4.78 is 7.74. The first-order chi connectivity index (χ1) is 9.35. The summed E-state index contributed by atoms with van der Waals surface area (Å²) in [5.41, 5.74) is -0.181. The van der Waals surface area contributed by atoms with Gasteiger partial charge in [-0.2, -0.15) is 0 Å². The van der Waals surface area contributed by atoms with Crippen molar-refractivity contribution in [2.45, 2.75) is 48.9 Å². The molecule has 1 aromatic rings. The fourth-order valence-corrected chi connectivity index (χ4v) is 5.77. The van der Waals surface area contributed by atoms with E-state index in [1.54, 1.807) is 13.1 Å². The van der Waals surface area contributed by atoms with E-state index in [9.17, 15) is 9.59 Å². The molecule has 2 aliphatic rings. The van der Waals surface area contributed by atoms with Gasteiger partial charge in [0.15, 0.2) is 0 Å².